The summed E-state index contributed by atoms with van der Waals surface area (Å²) >= 11 is 0. The first kappa shape index (κ1) is 22.4. The van der Waals surface area contributed by atoms with Crippen molar-refractivity contribution in [1.29, 1.82) is 0 Å². The quantitative estimate of drug-likeness (QED) is 0.390. The first-order valence-corrected chi connectivity index (χ1v) is 12.0. The first-order chi connectivity index (χ1) is 16.6. The molecular formula is C26H31N5O3. The number of fused-ring (bicyclic) bond motifs is 1. The number of nitrogens with zero attached hydrogens (tertiary/aromatic N) is 4. The van der Waals surface area contributed by atoms with Gasteiger partial charge < -0.3 is 19.4 Å². The number of ether oxygens (including phenoxy) is 1. The van der Waals surface area contributed by atoms with E-state index in [9.17, 15) is 5.11 Å². The highest BCUT2D eigenvalue weighted by Crippen LogP contribution is 2.34. The van der Waals surface area contributed by atoms with E-state index in [0.29, 0.717) is 35.6 Å². The molecule has 1 fully saturated rings. The summed E-state index contributed by atoms with van der Waals surface area (Å²) in [6.07, 6.45) is 5.18. The van der Waals surface area contributed by atoms with Gasteiger partial charge in [0.2, 0.25) is 0 Å². The lowest BCUT2D eigenvalue weighted by molar-refractivity contribution is 0.165. The number of phenols is 1. The maximum absolute atomic E-state index is 10.2. The Kier molecular flexibility index (Phi) is 6.49. The molecule has 1 atom stereocenters. The summed E-state index contributed by atoms with van der Waals surface area (Å²) < 4.78 is 11.2. The molecule has 0 aliphatic carbocycles. The second-order valence-electron chi connectivity index (χ2n) is 9.47. The fraction of sp³-hybridized carbons (Fsp3) is 0.423. The van der Waals surface area contributed by atoms with Crippen molar-refractivity contribution < 1.29 is 14.4 Å². The smallest absolute Gasteiger partial charge is 0.254 e. The molecule has 2 N–H and O–H groups in total. The molecule has 0 spiro atoms. The summed E-state index contributed by atoms with van der Waals surface area (Å²) in [5.74, 6) is 2.56. The number of aromatic nitrogens is 4. The second kappa shape index (κ2) is 9.85. The van der Waals surface area contributed by atoms with E-state index in [2.05, 4.69) is 45.3 Å². The van der Waals surface area contributed by atoms with E-state index in [1.165, 1.54) is 5.56 Å². The minimum Gasteiger partial charge on any atom is -0.507 e. The minimum absolute atomic E-state index is 0.209. The molecule has 0 radical (unpaired) electrons. The first-order valence-electron chi connectivity index (χ1n) is 12.0. The maximum Gasteiger partial charge on any atom is 0.254 e. The van der Waals surface area contributed by atoms with E-state index in [1.807, 2.05) is 24.3 Å². The summed E-state index contributed by atoms with van der Waals surface area (Å²) in [5.41, 5.74) is 3.40. The number of hydrogen-bond acceptors (Lipinski definition) is 7. The maximum atomic E-state index is 10.2. The number of aromatic amines is 1. The average Bonchev–Trinajstić information content (AvgIpc) is 3.45. The largest absolute Gasteiger partial charge is 0.507 e. The Labute approximate surface area is 198 Å². The Balaban J connectivity index is 1.24. The number of piperidine rings is 1. The van der Waals surface area contributed by atoms with Gasteiger partial charge in [-0.15, -0.1) is 10.2 Å². The van der Waals surface area contributed by atoms with Crippen molar-refractivity contribution >= 4 is 11.0 Å². The molecule has 3 aromatic heterocycles. The Morgan fingerprint density at radius 3 is 2.97 bits per heavy atom. The van der Waals surface area contributed by atoms with Gasteiger partial charge in [0.1, 0.15) is 18.1 Å². The number of nitrogens with one attached hydrogen (secondary N) is 1. The Hall–Kier alpha value is -3.39. The zero-order chi connectivity index (χ0) is 23.5. The van der Waals surface area contributed by atoms with Gasteiger partial charge in [0, 0.05) is 42.7 Å². The lowest BCUT2D eigenvalue weighted by Gasteiger charge is -2.32. The minimum atomic E-state index is 0.209. The Morgan fingerprint density at radius 2 is 2.12 bits per heavy atom. The number of H-pyrrole nitrogens is 1. The van der Waals surface area contributed by atoms with Crippen LogP contribution in [-0.4, -0.2) is 56.6 Å². The third-order valence-electron chi connectivity index (χ3n) is 6.40. The molecule has 178 valence electrons. The molecule has 4 heterocycles. The lowest BCUT2D eigenvalue weighted by Crippen LogP contribution is -2.37. The molecule has 0 bridgehead atoms. The number of rotatable bonds is 8. The highest BCUT2D eigenvalue weighted by Gasteiger charge is 2.24. The fourth-order valence-corrected chi connectivity index (χ4v) is 4.75. The number of para-hydroxylation sites is 1. The van der Waals surface area contributed by atoms with Crippen molar-refractivity contribution in [1.82, 2.24) is 25.2 Å². The van der Waals surface area contributed by atoms with Crippen molar-refractivity contribution in [3.8, 4) is 22.9 Å². The lowest BCUT2D eigenvalue weighted by atomic mass is 9.90. The summed E-state index contributed by atoms with van der Waals surface area (Å²) in [6.45, 7) is 7.75. The van der Waals surface area contributed by atoms with Crippen LogP contribution in [0.3, 0.4) is 0 Å². The molecule has 1 aliphatic heterocycles. The monoisotopic (exact) mass is 461 g/mol. The number of aromatic hydroxyl groups is 1. The van der Waals surface area contributed by atoms with E-state index in [4.69, 9.17) is 9.26 Å². The molecule has 0 saturated carbocycles. The van der Waals surface area contributed by atoms with Crippen LogP contribution in [0.25, 0.3) is 22.3 Å². The van der Waals surface area contributed by atoms with Crippen LogP contribution in [0.5, 0.6) is 11.6 Å². The summed E-state index contributed by atoms with van der Waals surface area (Å²) in [5, 5.41) is 24.0. The number of likely N-dealkylation sites (tertiary alicyclic amines) is 1. The van der Waals surface area contributed by atoms with Crippen LogP contribution in [-0.2, 0) is 6.42 Å². The molecule has 1 aromatic carbocycles. The van der Waals surface area contributed by atoms with E-state index in [0.717, 1.165) is 55.7 Å². The third kappa shape index (κ3) is 4.92. The molecule has 34 heavy (non-hydrogen) atoms. The van der Waals surface area contributed by atoms with Gasteiger partial charge in [0.15, 0.2) is 5.65 Å². The molecule has 5 rings (SSSR count). The van der Waals surface area contributed by atoms with Crippen LogP contribution < -0.4 is 4.74 Å². The standard InChI is InChI=1S/C26H31N5O3/c1-17(2)12-19-13-25(30-34-19)33-11-10-31-9-5-6-18(16-31)22-15-27-26-21(22)14-23(28-29-26)20-7-3-4-8-24(20)32/h3-4,7-8,13-15,17-18,32H,5-6,9-12,16H2,1-2H3,(H,27,29)/t18-/m1/s1. The van der Waals surface area contributed by atoms with Gasteiger partial charge in [0.05, 0.1) is 5.69 Å². The predicted octanol–water partition coefficient (Wildman–Crippen LogP) is 4.78. The normalized spacial score (nSPS) is 17.0. The zero-order valence-corrected chi connectivity index (χ0v) is 19.7. The Morgan fingerprint density at radius 1 is 1.24 bits per heavy atom. The van der Waals surface area contributed by atoms with Crippen LogP contribution in [0.15, 0.2) is 47.1 Å². The van der Waals surface area contributed by atoms with Crippen molar-refractivity contribution in [2.45, 2.75) is 39.0 Å². The van der Waals surface area contributed by atoms with Gasteiger partial charge >= 0.3 is 0 Å². The van der Waals surface area contributed by atoms with Crippen molar-refractivity contribution in [3.63, 3.8) is 0 Å². The van der Waals surface area contributed by atoms with E-state index >= 15 is 0 Å². The summed E-state index contributed by atoms with van der Waals surface area (Å²) in [6, 6.07) is 11.2. The van der Waals surface area contributed by atoms with Crippen LogP contribution in [0.2, 0.25) is 0 Å². The van der Waals surface area contributed by atoms with Gasteiger partial charge in [-0.05, 0) is 60.1 Å². The van der Waals surface area contributed by atoms with E-state index < -0.39 is 0 Å². The van der Waals surface area contributed by atoms with Gasteiger partial charge in [-0.3, -0.25) is 4.90 Å². The van der Waals surface area contributed by atoms with Gasteiger partial charge in [0.25, 0.3) is 5.88 Å². The van der Waals surface area contributed by atoms with Crippen molar-refractivity contribution in [2.24, 2.45) is 5.92 Å². The van der Waals surface area contributed by atoms with E-state index in [1.54, 1.807) is 12.1 Å². The fourth-order valence-electron chi connectivity index (χ4n) is 4.75. The Bertz CT molecular complexity index is 1250. The van der Waals surface area contributed by atoms with Crippen LogP contribution in [0, 0.1) is 5.92 Å². The highest BCUT2D eigenvalue weighted by molar-refractivity contribution is 5.84. The van der Waals surface area contributed by atoms with E-state index in [-0.39, 0.29) is 5.75 Å². The van der Waals surface area contributed by atoms with Crippen LogP contribution in [0.4, 0.5) is 0 Å². The molecule has 0 unspecified atom stereocenters. The molecule has 8 nitrogen and oxygen atoms in total. The van der Waals surface area contributed by atoms with Crippen molar-refractivity contribution in [3.05, 3.63) is 53.9 Å². The number of benzene rings is 1. The molecule has 8 heteroatoms. The SMILES string of the molecule is CC(C)Cc1cc(OCCN2CCC[C@@H](c3c[nH]c4nnc(-c5ccccc5O)cc34)C2)no1. The predicted molar refractivity (Wildman–Crippen MR) is 130 cm³/mol. The van der Waals surface area contributed by atoms with Crippen LogP contribution in [0.1, 0.15) is 43.9 Å². The molecule has 4 aromatic rings. The van der Waals surface area contributed by atoms with Gasteiger partial charge in [-0.25, -0.2) is 0 Å². The zero-order valence-electron chi connectivity index (χ0n) is 19.7. The van der Waals surface area contributed by atoms with Gasteiger partial charge in [-0.1, -0.05) is 26.0 Å². The second-order valence-corrected chi connectivity index (χ2v) is 9.47. The molecular weight excluding hydrogens is 430 g/mol. The van der Waals surface area contributed by atoms with Crippen LogP contribution >= 0.6 is 0 Å². The van der Waals surface area contributed by atoms with Crippen molar-refractivity contribution in [2.75, 3.05) is 26.2 Å². The summed E-state index contributed by atoms with van der Waals surface area (Å²) in [7, 11) is 0. The summed E-state index contributed by atoms with van der Waals surface area (Å²) in [4.78, 5) is 5.72. The average molecular weight is 462 g/mol. The third-order valence-corrected chi connectivity index (χ3v) is 6.40. The van der Waals surface area contributed by atoms with Gasteiger partial charge in [-0.2, -0.15) is 0 Å². The molecule has 1 saturated heterocycles. The highest BCUT2D eigenvalue weighted by atomic mass is 16.5. The topological polar surface area (TPSA) is 100 Å². The molecule has 1 aliphatic rings. The molecule has 0 amide bonds. The number of hydrogen-bond donors (Lipinski definition) is 2. The number of phenolic OH excluding ortho intramolecular Hbond substituents is 1.